The summed E-state index contributed by atoms with van der Waals surface area (Å²) in [5.74, 6) is 0.0331. The van der Waals surface area contributed by atoms with Crippen LogP contribution < -0.4 is 5.73 Å². The third kappa shape index (κ3) is 2.63. The van der Waals surface area contributed by atoms with Gasteiger partial charge in [-0.05, 0) is 34.1 Å². The highest BCUT2D eigenvalue weighted by molar-refractivity contribution is 5.84. The second-order valence-corrected chi connectivity index (χ2v) is 6.48. The van der Waals surface area contributed by atoms with Crippen molar-refractivity contribution in [2.45, 2.75) is 58.6 Å². The highest BCUT2D eigenvalue weighted by Gasteiger charge is 2.50. The van der Waals surface area contributed by atoms with E-state index in [1.165, 1.54) is 0 Å². The summed E-state index contributed by atoms with van der Waals surface area (Å²) in [6.45, 7) is 10.4. The van der Waals surface area contributed by atoms with Gasteiger partial charge >= 0.3 is 0 Å². The normalized spacial score (nSPS) is 20.1. The lowest BCUT2D eigenvalue weighted by atomic mass is 9.73. The Morgan fingerprint density at radius 1 is 1.35 bits per heavy atom. The molecule has 3 N–H and O–H groups in total. The maximum atomic E-state index is 12.3. The molecule has 4 heteroatoms. The molecule has 0 atom stereocenters. The minimum atomic E-state index is -0.667. The predicted octanol–water partition coefficient (Wildman–Crippen LogP) is 1.12. The first kappa shape index (κ1) is 14.5. The molecular weight excluding hydrogens is 216 g/mol. The molecule has 0 spiro atoms. The SMILES string of the molecule is CCCC1(O)CN(C(=O)C(C)(C)C(C)(C)N)C1. The molecule has 0 aromatic rings. The Labute approximate surface area is 104 Å². The van der Waals surface area contributed by atoms with Crippen molar-refractivity contribution in [3.63, 3.8) is 0 Å². The highest BCUT2D eigenvalue weighted by Crippen LogP contribution is 2.35. The molecular formula is C13H26N2O2. The molecule has 0 aromatic carbocycles. The number of aliphatic hydroxyl groups is 1. The van der Waals surface area contributed by atoms with Gasteiger partial charge in [0.05, 0.1) is 24.1 Å². The van der Waals surface area contributed by atoms with Crippen molar-refractivity contribution in [2.24, 2.45) is 11.1 Å². The van der Waals surface area contributed by atoms with Crippen molar-refractivity contribution < 1.29 is 9.90 Å². The Morgan fingerprint density at radius 2 is 1.82 bits per heavy atom. The predicted molar refractivity (Wildman–Crippen MR) is 68.5 cm³/mol. The van der Waals surface area contributed by atoms with Crippen LogP contribution in [0, 0.1) is 5.41 Å². The van der Waals surface area contributed by atoms with E-state index in [-0.39, 0.29) is 5.91 Å². The summed E-state index contributed by atoms with van der Waals surface area (Å²) < 4.78 is 0. The van der Waals surface area contributed by atoms with Crippen LogP contribution >= 0.6 is 0 Å². The Bertz CT molecular complexity index is 299. The van der Waals surface area contributed by atoms with Gasteiger partial charge in [0.2, 0.25) is 5.91 Å². The summed E-state index contributed by atoms with van der Waals surface area (Å²) in [6, 6.07) is 0. The van der Waals surface area contributed by atoms with Crippen LogP contribution in [0.2, 0.25) is 0 Å². The summed E-state index contributed by atoms with van der Waals surface area (Å²) in [7, 11) is 0. The lowest BCUT2D eigenvalue weighted by molar-refractivity contribution is -0.168. The van der Waals surface area contributed by atoms with E-state index < -0.39 is 16.6 Å². The second-order valence-electron chi connectivity index (χ2n) is 6.48. The molecule has 4 nitrogen and oxygen atoms in total. The second kappa shape index (κ2) is 4.25. The molecule has 17 heavy (non-hydrogen) atoms. The third-order valence-electron chi connectivity index (χ3n) is 4.12. The quantitative estimate of drug-likeness (QED) is 0.776. The number of likely N-dealkylation sites (tertiary alicyclic amines) is 1. The monoisotopic (exact) mass is 242 g/mol. The molecule has 0 aromatic heterocycles. The van der Waals surface area contributed by atoms with E-state index >= 15 is 0 Å². The van der Waals surface area contributed by atoms with Gasteiger partial charge in [-0.3, -0.25) is 4.79 Å². The summed E-state index contributed by atoms with van der Waals surface area (Å²) in [5.41, 5.74) is 4.20. The fraction of sp³-hybridized carbons (Fsp3) is 0.923. The number of hydrogen-bond donors (Lipinski definition) is 2. The van der Waals surface area contributed by atoms with Crippen molar-refractivity contribution >= 4 is 5.91 Å². The fourth-order valence-corrected chi connectivity index (χ4v) is 2.10. The van der Waals surface area contributed by atoms with Crippen molar-refractivity contribution in [3.05, 3.63) is 0 Å². The number of amides is 1. The van der Waals surface area contributed by atoms with Crippen LogP contribution in [0.15, 0.2) is 0 Å². The first-order chi connectivity index (χ1) is 7.53. The summed E-state index contributed by atoms with van der Waals surface area (Å²) >= 11 is 0. The van der Waals surface area contributed by atoms with Crippen LogP contribution in [0.1, 0.15) is 47.5 Å². The molecule has 1 saturated heterocycles. The average molecular weight is 242 g/mol. The fourth-order valence-electron chi connectivity index (χ4n) is 2.10. The number of rotatable bonds is 4. The number of hydrogen-bond acceptors (Lipinski definition) is 3. The molecule has 100 valence electrons. The average Bonchev–Trinajstić information content (AvgIpc) is 2.11. The van der Waals surface area contributed by atoms with Gasteiger partial charge in [-0.15, -0.1) is 0 Å². The van der Waals surface area contributed by atoms with Gasteiger partial charge in [0, 0.05) is 5.54 Å². The minimum Gasteiger partial charge on any atom is -0.386 e. The maximum Gasteiger partial charge on any atom is 0.230 e. The standard InChI is InChI=1S/C13H26N2O2/c1-6-7-13(17)8-15(9-13)10(16)11(2,3)12(4,5)14/h17H,6-9,14H2,1-5H3. The van der Waals surface area contributed by atoms with Gasteiger partial charge < -0.3 is 15.7 Å². The Hall–Kier alpha value is -0.610. The van der Waals surface area contributed by atoms with Crippen LogP contribution in [-0.4, -0.2) is 40.1 Å². The van der Waals surface area contributed by atoms with Gasteiger partial charge in [-0.2, -0.15) is 0 Å². The Balaban J connectivity index is 2.64. The van der Waals surface area contributed by atoms with E-state index in [0.29, 0.717) is 13.1 Å². The van der Waals surface area contributed by atoms with Crippen molar-refractivity contribution in [1.29, 1.82) is 0 Å². The lowest BCUT2D eigenvalue weighted by Crippen LogP contribution is -2.68. The van der Waals surface area contributed by atoms with Crippen molar-refractivity contribution in [1.82, 2.24) is 4.90 Å². The molecule has 1 rings (SSSR count). The van der Waals surface area contributed by atoms with E-state index in [1.54, 1.807) is 4.90 Å². The number of carbonyl (C=O) groups excluding carboxylic acids is 1. The maximum absolute atomic E-state index is 12.3. The van der Waals surface area contributed by atoms with Crippen LogP contribution in [0.5, 0.6) is 0 Å². The molecule has 1 aliphatic heterocycles. The van der Waals surface area contributed by atoms with Gasteiger partial charge in [0.15, 0.2) is 0 Å². The Kier molecular flexibility index (Phi) is 3.61. The number of β-amino-alcohol motifs (C(OH)–C–C–N with tert-alkyl or cyclic N) is 1. The highest BCUT2D eigenvalue weighted by atomic mass is 16.3. The van der Waals surface area contributed by atoms with E-state index in [1.807, 2.05) is 34.6 Å². The summed E-state index contributed by atoms with van der Waals surface area (Å²) in [4.78, 5) is 14.0. The van der Waals surface area contributed by atoms with Crippen LogP contribution in [0.4, 0.5) is 0 Å². The molecule has 0 radical (unpaired) electrons. The third-order valence-corrected chi connectivity index (χ3v) is 4.12. The topological polar surface area (TPSA) is 66.6 Å². The number of nitrogens with zero attached hydrogens (tertiary/aromatic N) is 1. The molecule has 0 unspecified atom stereocenters. The molecule has 0 saturated carbocycles. The smallest absolute Gasteiger partial charge is 0.230 e. The zero-order valence-electron chi connectivity index (χ0n) is 11.7. The van der Waals surface area contributed by atoms with E-state index in [0.717, 1.165) is 12.8 Å². The number of carbonyl (C=O) groups is 1. The zero-order valence-corrected chi connectivity index (χ0v) is 11.7. The summed E-state index contributed by atoms with van der Waals surface area (Å²) in [5, 5.41) is 10.1. The first-order valence-corrected chi connectivity index (χ1v) is 6.34. The minimum absolute atomic E-state index is 0.0331. The molecule has 1 heterocycles. The van der Waals surface area contributed by atoms with Crippen LogP contribution in [-0.2, 0) is 4.79 Å². The molecule has 1 aliphatic rings. The zero-order chi connectivity index (χ0) is 13.5. The lowest BCUT2D eigenvalue weighted by Gasteiger charge is -2.51. The molecule has 1 fully saturated rings. The van der Waals surface area contributed by atoms with Gasteiger partial charge in [-0.25, -0.2) is 0 Å². The van der Waals surface area contributed by atoms with Crippen LogP contribution in [0.3, 0.4) is 0 Å². The van der Waals surface area contributed by atoms with Gasteiger partial charge in [0.1, 0.15) is 0 Å². The van der Waals surface area contributed by atoms with E-state index in [4.69, 9.17) is 5.73 Å². The largest absolute Gasteiger partial charge is 0.386 e. The van der Waals surface area contributed by atoms with E-state index in [9.17, 15) is 9.90 Å². The molecule has 0 bridgehead atoms. The molecule has 1 amide bonds. The van der Waals surface area contributed by atoms with Crippen LogP contribution in [0.25, 0.3) is 0 Å². The van der Waals surface area contributed by atoms with E-state index in [2.05, 4.69) is 0 Å². The number of nitrogens with two attached hydrogens (primary N) is 1. The Morgan fingerprint density at radius 3 is 2.18 bits per heavy atom. The molecule has 0 aliphatic carbocycles. The van der Waals surface area contributed by atoms with Gasteiger partial charge in [-0.1, -0.05) is 13.3 Å². The summed E-state index contributed by atoms with van der Waals surface area (Å²) in [6.07, 6.45) is 1.69. The van der Waals surface area contributed by atoms with Gasteiger partial charge in [0.25, 0.3) is 0 Å². The first-order valence-electron chi connectivity index (χ1n) is 6.34. The van der Waals surface area contributed by atoms with Crippen molar-refractivity contribution in [2.75, 3.05) is 13.1 Å². The van der Waals surface area contributed by atoms with Crippen molar-refractivity contribution in [3.8, 4) is 0 Å².